The third-order valence-corrected chi connectivity index (χ3v) is 17.5. The molecule has 0 fully saturated rings. The number of carbonyl (C=O) groups excluding carboxylic acids is 12. The van der Waals surface area contributed by atoms with Crippen LogP contribution in [0.5, 0.6) is 0 Å². The Morgan fingerprint density at radius 1 is 0.333 bits per heavy atom. The molecular weight excluding hydrogens is 1590 g/mol. The lowest BCUT2D eigenvalue weighted by Gasteiger charge is -2.04. The summed E-state index contributed by atoms with van der Waals surface area (Å²) >= 11 is 0. The number of carboxylic acid groups (broad SMARTS) is 1. The molecule has 12 aromatic rings. The molecule has 638 valence electrons. The number of nitrogens with one attached hydrogen (secondary N) is 2. The number of carboxylic acids is 1. The average molecular weight is 1700 g/mol. The van der Waals surface area contributed by atoms with Crippen molar-refractivity contribution in [2.24, 2.45) is 5.90 Å². The smallest absolute Gasteiger partial charge is 0.335 e. The first-order valence-corrected chi connectivity index (χ1v) is 38.6. The fraction of sp³-hybridized carbons (Fsp3) is 0.119. The minimum Gasteiger partial charge on any atom is -0.478 e. The summed E-state index contributed by atoms with van der Waals surface area (Å²) in [5.41, 5.74) is 16.5. The van der Waals surface area contributed by atoms with Gasteiger partial charge in [0.1, 0.15) is 6.29 Å². The Balaban J connectivity index is 0.00000145. The molecule has 123 heavy (non-hydrogen) atoms. The van der Waals surface area contributed by atoms with Gasteiger partial charge >= 0.3 is 5.97 Å². The number of benzene rings is 12. The molecule has 2 unspecified atom stereocenters. The number of aldehydes is 1. The van der Waals surface area contributed by atoms with E-state index in [1.807, 2.05) is 189 Å². The minimum atomic E-state index is -0.938. The Labute approximate surface area is 727 Å². The Hall–Kier alpha value is -14.1. The average Bonchev–Trinajstić information content (AvgIpc) is 0.882. The number of aromatic carboxylic acids is 1. The number of hydrogen-bond acceptors (Lipinski definition) is 17. The van der Waals surface area contributed by atoms with Crippen LogP contribution in [0.2, 0.25) is 0 Å². The Kier molecular flexibility index (Phi) is 49.3. The van der Waals surface area contributed by atoms with E-state index in [9.17, 15) is 62.3 Å². The van der Waals surface area contributed by atoms with Crippen molar-refractivity contribution in [2.45, 2.75) is 81.1 Å². The minimum absolute atomic E-state index is 0. The summed E-state index contributed by atoms with van der Waals surface area (Å²) in [6.07, 6.45) is 10.5. The number of aryl methyl sites for hydroxylation is 3. The predicted octanol–water partition coefficient (Wildman–Crippen LogP) is 21.6. The standard InChI is InChI=1S/2C17H14O2.C16H16NO3P.C16H15NO3.C16H14O3.C9H8O2.C8H8O.2CH4.H4NOP.3H2/c2*1-13(18)15-10-7-14(8-11-15)9-12-17(19)16-5-3-2-4-6-16;18-15(13-4-2-1-3-5-13)11-8-12-6-9-14(10-7-12)16(19)17-20-21;18-15(13-4-2-1-3-5-13)11-8-12-6-9-14(10-7-12)16(19)17-20;17-15(13-4-2-1-3-5-13)11-8-12-6-9-14(10-7-12)16(18)19;1-7(11)9-4-2-8(6-10)3-5-9;1-7(9)8-5-3-2-4-6-8;;;1-2-3;;;/h2*2-12H,1H3;1-7,9-10H,8,11,21H2,(H,17,19);1-7,9-10,20H,8,11H2,(H,17,19);1-7,9-10H,8,11H2,(H,18,19);2-6H,1H3;2-6H,1H3;2*1H4;1,3H2;3*1H/b2*12-9+;;;;;;;;;;;/i;;;;;;;;;;2*1+2;. The van der Waals surface area contributed by atoms with E-state index < -0.39 is 11.9 Å². The lowest BCUT2D eigenvalue weighted by Crippen LogP contribution is -2.19. The van der Waals surface area contributed by atoms with E-state index in [1.54, 1.807) is 182 Å². The number of carbonyl (C=O) groups is 13. The second-order valence-electron chi connectivity index (χ2n) is 26.1. The van der Waals surface area contributed by atoms with E-state index in [0.717, 1.165) is 45.2 Å². The second-order valence-corrected chi connectivity index (χ2v) is 26.6. The quantitative estimate of drug-likeness (QED) is 0.00797. The highest BCUT2D eigenvalue weighted by Crippen LogP contribution is 2.17. The van der Waals surface area contributed by atoms with Crippen LogP contribution < -0.4 is 16.9 Å². The van der Waals surface area contributed by atoms with Crippen LogP contribution in [0.3, 0.4) is 0 Å². The first kappa shape index (κ1) is 103. The monoisotopic (exact) mass is 1700 g/mol. The van der Waals surface area contributed by atoms with E-state index in [2.05, 4.69) is 20.6 Å². The Bertz CT molecular complexity index is 5260. The SMILES string of the molecule is C.C.CC(=O)c1ccc(/C=C/C(=O)c2ccccc2)cc1.CC(=O)c1ccc(/C=C/C(=O)c2ccccc2)cc1.CC(=O)c1ccc(C=O)cc1.CC(=O)c1ccccc1.NOP.O=C(CCc1ccc(C(=O)NO)cc1)c1ccccc1.O=C(CCc1ccc(C(=O)NOP)cc1)c1ccccc1.O=C(O)c1ccc(CCC(=O)c2ccccc2)cc1.[3HH].[3HH].[HH]. The molecule has 0 aliphatic heterocycles. The first-order chi connectivity index (χ1) is 58.4. The normalized spacial score (nSPS) is 9.82. The summed E-state index contributed by atoms with van der Waals surface area (Å²) in [5.74, 6) is 2.99. The van der Waals surface area contributed by atoms with Gasteiger partial charge in [0, 0.05) is 109 Å². The van der Waals surface area contributed by atoms with E-state index in [0.29, 0.717) is 94.2 Å². The zero-order chi connectivity index (χ0) is 88.1. The van der Waals surface area contributed by atoms with E-state index in [1.165, 1.54) is 32.9 Å². The molecule has 22 heteroatoms. The maximum atomic E-state index is 12.0. The number of nitrogens with two attached hydrogens (primary N) is 1. The van der Waals surface area contributed by atoms with Gasteiger partial charge in [0.15, 0.2) is 52.0 Å². The summed E-state index contributed by atoms with van der Waals surface area (Å²) in [6.45, 7) is 6.12. The van der Waals surface area contributed by atoms with Crippen LogP contribution in [0.1, 0.15) is 229 Å². The summed E-state index contributed by atoms with van der Waals surface area (Å²) in [5, 5.41) is 17.3. The highest BCUT2D eigenvalue weighted by atomic mass is 31.0. The topological polar surface area (TPSA) is 331 Å². The van der Waals surface area contributed by atoms with Crippen LogP contribution in [0, 0.1) is 0 Å². The van der Waals surface area contributed by atoms with Crippen LogP contribution in [0.25, 0.3) is 12.2 Å². The molecule has 20 nitrogen and oxygen atoms in total. The van der Waals surface area contributed by atoms with Crippen molar-refractivity contribution in [1.82, 2.24) is 11.0 Å². The number of hydrogen-bond donors (Lipinski definition) is 5. The van der Waals surface area contributed by atoms with Crippen molar-refractivity contribution in [1.29, 1.82) is 0 Å². The Morgan fingerprint density at radius 3 is 0.797 bits per heavy atom. The van der Waals surface area contributed by atoms with Crippen molar-refractivity contribution in [2.75, 3.05) is 0 Å². The number of amides is 2. The summed E-state index contributed by atoms with van der Waals surface area (Å²) < 4.78 is 8.16. The van der Waals surface area contributed by atoms with Gasteiger partial charge in [-0.25, -0.2) is 21.7 Å². The van der Waals surface area contributed by atoms with Crippen molar-refractivity contribution in [3.05, 3.63) is 440 Å². The second kappa shape index (κ2) is 58.8. The molecule has 0 aromatic heterocycles. The predicted molar refractivity (Wildman–Crippen MR) is 497 cm³/mol. The van der Waals surface area contributed by atoms with Gasteiger partial charge in [-0.15, -0.1) is 0 Å². The third kappa shape index (κ3) is 40.0. The van der Waals surface area contributed by atoms with E-state index >= 15 is 0 Å². The molecule has 0 bridgehead atoms. The highest BCUT2D eigenvalue weighted by Gasteiger charge is 2.12. The van der Waals surface area contributed by atoms with Gasteiger partial charge in [0.05, 0.1) is 5.56 Å². The molecule has 6 N–H and O–H groups in total. The van der Waals surface area contributed by atoms with Gasteiger partial charge in [-0.2, -0.15) is 0 Å². The highest BCUT2D eigenvalue weighted by molar-refractivity contribution is 7.09. The van der Waals surface area contributed by atoms with Crippen LogP contribution >= 0.6 is 18.9 Å². The lowest BCUT2D eigenvalue weighted by molar-refractivity contribution is 0.0692. The first-order valence-electron chi connectivity index (χ1n) is 37.7. The molecule has 0 heterocycles. The van der Waals surface area contributed by atoms with Gasteiger partial charge in [-0.05, 0) is 123 Å². The van der Waals surface area contributed by atoms with Gasteiger partial charge in [-0.3, -0.25) is 72.0 Å². The number of Topliss-reactive ketones (excluding diaryl/α,β-unsaturated/α-hetero) is 7. The van der Waals surface area contributed by atoms with Gasteiger partial charge in [0.2, 0.25) is 0 Å². The molecule has 0 aliphatic carbocycles. The third-order valence-electron chi connectivity index (χ3n) is 17.3. The van der Waals surface area contributed by atoms with Gasteiger partial charge in [-0.1, -0.05) is 318 Å². The molecule has 2 amide bonds. The fourth-order valence-electron chi connectivity index (χ4n) is 10.6. The molecule has 12 rings (SSSR count). The zero-order valence-corrected chi connectivity index (χ0v) is 69.4. The number of hydroxylamine groups is 2. The maximum absolute atomic E-state index is 12.0. The van der Waals surface area contributed by atoms with Gasteiger partial charge in [0.25, 0.3) is 11.8 Å². The van der Waals surface area contributed by atoms with Crippen LogP contribution in [0.4, 0.5) is 0 Å². The lowest BCUT2D eigenvalue weighted by atomic mass is 10.0. The molecule has 0 spiro atoms. The van der Waals surface area contributed by atoms with Crippen molar-refractivity contribution < 1.29 is 86.2 Å². The zero-order valence-electron chi connectivity index (χ0n) is 67.1. The molecule has 0 radical (unpaired) electrons. The maximum Gasteiger partial charge on any atom is 0.335 e. The van der Waals surface area contributed by atoms with Crippen LogP contribution in [-0.4, -0.2) is 86.4 Å². The van der Waals surface area contributed by atoms with Crippen molar-refractivity contribution >= 4 is 107 Å². The Morgan fingerprint density at radius 2 is 0.561 bits per heavy atom. The van der Waals surface area contributed by atoms with Crippen molar-refractivity contribution in [3.8, 4) is 0 Å². The van der Waals surface area contributed by atoms with E-state index in [-0.39, 0.29) is 82.7 Å². The van der Waals surface area contributed by atoms with Crippen LogP contribution in [0.15, 0.2) is 340 Å². The van der Waals surface area contributed by atoms with Crippen LogP contribution in [-0.2, 0) is 28.5 Å². The number of allylic oxidation sites excluding steroid dienone is 2. The molecule has 2 atom stereocenters. The van der Waals surface area contributed by atoms with Crippen molar-refractivity contribution in [3.63, 3.8) is 0 Å². The molecule has 12 aromatic carbocycles. The van der Waals surface area contributed by atoms with E-state index in [4.69, 9.17) is 10.3 Å². The summed E-state index contributed by atoms with van der Waals surface area (Å²) in [6, 6.07) is 96.4. The summed E-state index contributed by atoms with van der Waals surface area (Å²) in [4.78, 5) is 147. The molecule has 0 saturated heterocycles. The summed E-state index contributed by atoms with van der Waals surface area (Å²) in [7, 11) is 3.81. The number of rotatable bonds is 27. The largest absolute Gasteiger partial charge is 0.478 e. The fourth-order valence-corrected chi connectivity index (χ4v) is 10.7. The molecule has 0 aliphatic rings. The molecular formula is C101H107N3O17P2. The number of ketones is 9. The molecule has 0 saturated carbocycles. The van der Waals surface area contributed by atoms with Gasteiger partial charge < -0.3 is 5.11 Å².